The molecule has 1 aliphatic rings. The van der Waals surface area contributed by atoms with E-state index in [4.69, 9.17) is 0 Å². The predicted molar refractivity (Wildman–Crippen MR) is 94.9 cm³/mol. The van der Waals surface area contributed by atoms with Crippen LogP contribution in [0.4, 0.5) is 0 Å². The van der Waals surface area contributed by atoms with E-state index in [-0.39, 0.29) is 17.9 Å². The lowest BCUT2D eigenvalue weighted by atomic mass is 10.0. The van der Waals surface area contributed by atoms with Gasteiger partial charge in [-0.05, 0) is 24.3 Å². The Morgan fingerprint density at radius 3 is 3.04 bits per heavy atom. The molecule has 4 heterocycles. The van der Waals surface area contributed by atoms with Gasteiger partial charge in [0.1, 0.15) is 11.2 Å². The molecule has 0 unspecified atom stereocenters. The summed E-state index contributed by atoms with van der Waals surface area (Å²) in [6.07, 6.45) is 7.02. The molecule has 130 valence electrons. The van der Waals surface area contributed by atoms with Crippen LogP contribution in [0.25, 0.3) is 5.65 Å². The van der Waals surface area contributed by atoms with E-state index >= 15 is 0 Å². The number of likely N-dealkylation sites (tertiary alicyclic amines) is 1. The molecule has 25 heavy (non-hydrogen) atoms. The number of fused-ring (bicyclic) bond motifs is 1. The Labute approximate surface area is 148 Å². The topological polar surface area (TPSA) is 71.6 Å². The van der Waals surface area contributed by atoms with Crippen LogP contribution in [0.5, 0.6) is 0 Å². The lowest BCUT2D eigenvalue weighted by Gasteiger charge is -2.32. The maximum Gasteiger partial charge on any atom is 0.263 e. The van der Waals surface area contributed by atoms with Crippen LogP contribution in [0.3, 0.4) is 0 Å². The molecule has 3 aromatic rings. The number of nitrogens with one attached hydrogen (secondary N) is 1. The number of thiophene rings is 1. The molecule has 0 spiro atoms. The molecule has 2 amide bonds. The fourth-order valence-corrected chi connectivity index (χ4v) is 4.00. The summed E-state index contributed by atoms with van der Waals surface area (Å²) >= 11 is 1.45. The Bertz CT molecular complexity index is 911. The van der Waals surface area contributed by atoms with Gasteiger partial charge in [-0.2, -0.15) is 5.10 Å². The zero-order valence-corrected chi connectivity index (χ0v) is 14.7. The standard InChI is InChI=1S/C17H19N5O2S/c1-20-7-8-22-16(20)13(10-18-22)15(23)19-12-4-2-6-21(11-12)17(24)14-5-3-9-25-14/h3,5,7-10,12H,2,4,6,11H2,1H3,(H,19,23)/t12-/m1/s1. The summed E-state index contributed by atoms with van der Waals surface area (Å²) in [5, 5.41) is 9.17. The van der Waals surface area contributed by atoms with Crippen molar-refractivity contribution in [1.82, 2.24) is 24.4 Å². The summed E-state index contributed by atoms with van der Waals surface area (Å²) in [4.78, 5) is 27.8. The van der Waals surface area contributed by atoms with Crippen molar-refractivity contribution in [2.45, 2.75) is 18.9 Å². The second kappa shape index (κ2) is 6.36. The molecule has 1 saturated heterocycles. The Hall–Kier alpha value is -2.61. The summed E-state index contributed by atoms with van der Waals surface area (Å²) in [7, 11) is 1.88. The minimum Gasteiger partial charge on any atom is -0.347 e. The molecule has 1 atom stereocenters. The number of aromatic nitrogens is 3. The number of hydrogen-bond donors (Lipinski definition) is 1. The average Bonchev–Trinajstić information content (AvgIpc) is 3.33. The van der Waals surface area contributed by atoms with Gasteiger partial charge < -0.3 is 14.8 Å². The number of nitrogens with zero attached hydrogens (tertiary/aromatic N) is 4. The van der Waals surface area contributed by atoms with Crippen molar-refractivity contribution in [3.63, 3.8) is 0 Å². The fourth-order valence-electron chi connectivity index (χ4n) is 3.31. The third-order valence-corrected chi connectivity index (χ3v) is 5.41. The van der Waals surface area contributed by atoms with Gasteiger partial charge in [-0.25, -0.2) is 4.52 Å². The van der Waals surface area contributed by atoms with Crippen molar-refractivity contribution in [2.75, 3.05) is 13.1 Å². The number of imidazole rings is 1. The molecular weight excluding hydrogens is 338 g/mol. The minimum atomic E-state index is -0.146. The SMILES string of the molecule is Cn1ccn2ncc(C(=O)N[C@@H]3CCCN(C(=O)c4cccs4)C3)c12. The quantitative estimate of drug-likeness (QED) is 0.776. The summed E-state index contributed by atoms with van der Waals surface area (Å²) in [6.45, 7) is 1.28. The third-order valence-electron chi connectivity index (χ3n) is 4.56. The van der Waals surface area contributed by atoms with Crippen LogP contribution in [0.1, 0.15) is 32.9 Å². The maximum absolute atomic E-state index is 12.7. The van der Waals surface area contributed by atoms with Crippen molar-refractivity contribution in [1.29, 1.82) is 0 Å². The second-order valence-corrected chi connectivity index (χ2v) is 7.22. The van der Waals surface area contributed by atoms with Crippen molar-refractivity contribution < 1.29 is 9.59 Å². The van der Waals surface area contributed by atoms with Gasteiger partial charge in [-0.3, -0.25) is 9.59 Å². The van der Waals surface area contributed by atoms with Crippen LogP contribution >= 0.6 is 11.3 Å². The highest BCUT2D eigenvalue weighted by Crippen LogP contribution is 2.18. The smallest absolute Gasteiger partial charge is 0.263 e. The van der Waals surface area contributed by atoms with E-state index in [9.17, 15) is 9.59 Å². The zero-order chi connectivity index (χ0) is 17.4. The van der Waals surface area contributed by atoms with Gasteiger partial charge in [-0.1, -0.05) is 6.07 Å². The van der Waals surface area contributed by atoms with Crippen LogP contribution in [0.2, 0.25) is 0 Å². The molecule has 1 aliphatic heterocycles. The molecule has 4 rings (SSSR count). The van der Waals surface area contributed by atoms with Gasteiger partial charge in [-0.15, -0.1) is 11.3 Å². The summed E-state index contributed by atoms with van der Waals surface area (Å²) in [6, 6.07) is 3.68. The van der Waals surface area contributed by atoms with E-state index in [1.165, 1.54) is 11.3 Å². The van der Waals surface area contributed by atoms with Gasteiger partial charge in [0.15, 0.2) is 0 Å². The van der Waals surface area contributed by atoms with Crippen LogP contribution in [0, 0.1) is 0 Å². The second-order valence-electron chi connectivity index (χ2n) is 6.28. The summed E-state index contributed by atoms with van der Waals surface area (Å²) < 4.78 is 3.55. The van der Waals surface area contributed by atoms with Gasteiger partial charge in [0.05, 0.1) is 11.1 Å². The highest BCUT2D eigenvalue weighted by atomic mass is 32.1. The van der Waals surface area contributed by atoms with Crippen molar-refractivity contribution in [3.05, 3.63) is 46.5 Å². The monoisotopic (exact) mass is 357 g/mol. The first-order valence-corrected chi connectivity index (χ1v) is 9.14. The Kier molecular flexibility index (Phi) is 4.04. The number of hydrogen-bond acceptors (Lipinski definition) is 4. The molecule has 1 fully saturated rings. The van der Waals surface area contributed by atoms with Crippen molar-refractivity contribution >= 4 is 28.8 Å². The predicted octanol–water partition coefficient (Wildman–Crippen LogP) is 1.77. The largest absolute Gasteiger partial charge is 0.347 e. The van der Waals surface area contributed by atoms with Gasteiger partial charge >= 0.3 is 0 Å². The minimum absolute atomic E-state index is 0.0413. The van der Waals surface area contributed by atoms with Gasteiger partial charge in [0.2, 0.25) is 0 Å². The van der Waals surface area contributed by atoms with Crippen LogP contribution in [0.15, 0.2) is 36.1 Å². The molecule has 8 heteroatoms. The molecule has 0 aliphatic carbocycles. The van der Waals surface area contributed by atoms with E-state index in [0.717, 1.165) is 29.9 Å². The van der Waals surface area contributed by atoms with E-state index < -0.39 is 0 Å². The van der Waals surface area contributed by atoms with Crippen LogP contribution in [-0.4, -0.2) is 50.0 Å². The number of carbonyl (C=O) groups excluding carboxylic acids is 2. The van der Waals surface area contributed by atoms with Crippen LogP contribution in [-0.2, 0) is 7.05 Å². The zero-order valence-electron chi connectivity index (χ0n) is 13.9. The molecule has 0 radical (unpaired) electrons. The molecule has 0 saturated carbocycles. The maximum atomic E-state index is 12.7. The highest BCUT2D eigenvalue weighted by molar-refractivity contribution is 7.12. The van der Waals surface area contributed by atoms with E-state index in [1.807, 2.05) is 46.4 Å². The summed E-state index contributed by atoms with van der Waals surface area (Å²) in [5.74, 6) is -0.100. The normalized spacial score (nSPS) is 17.8. The Morgan fingerprint density at radius 2 is 2.24 bits per heavy atom. The molecule has 7 nitrogen and oxygen atoms in total. The lowest BCUT2D eigenvalue weighted by molar-refractivity contribution is 0.0680. The van der Waals surface area contributed by atoms with Crippen LogP contribution < -0.4 is 5.32 Å². The van der Waals surface area contributed by atoms with Gasteiger partial charge in [0.25, 0.3) is 11.8 Å². The number of aryl methyl sites for hydroxylation is 1. The molecule has 3 aromatic heterocycles. The number of carbonyl (C=O) groups is 2. The molecule has 0 bridgehead atoms. The fraction of sp³-hybridized carbons (Fsp3) is 0.353. The molecular formula is C17H19N5O2S. The van der Waals surface area contributed by atoms with E-state index in [0.29, 0.717) is 12.1 Å². The Morgan fingerprint density at radius 1 is 1.36 bits per heavy atom. The number of rotatable bonds is 3. The Balaban J connectivity index is 1.46. The molecule has 0 aromatic carbocycles. The first kappa shape index (κ1) is 15.9. The summed E-state index contributed by atoms with van der Waals surface area (Å²) in [5.41, 5.74) is 1.31. The van der Waals surface area contributed by atoms with Crippen molar-refractivity contribution in [3.8, 4) is 0 Å². The van der Waals surface area contributed by atoms with Crippen molar-refractivity contribution in [2.24, 2.45) is 7.05 Å². The molecule has 1 N–H and O–H groups in total. The number of piperidine rings is 1. The lowest BCUT2D eigenvalue weighted by Crippen LogP contribution is -2.49. The highest BCUT2D eigenvalue weighted by Gasteiger charge is 2.27. The first-order chi connectivity index (χ1) is 12.1. The average molecular weight is 357 g/mol. The third kappa shape index (κ3) is 2.93. The van der Waals surface area contributed by atoms with E-state index in [1.54, 1.807) is 10.7 Å². The van der Waals surface area contributed by atoms with E-state index in [2.05, 4.69) is 10.4 Å². The van der Waals surface area contributed by atoms with Gasteiger partial charge in [0, 0.05) is 38.6 Å². The first-order valence-electron chi connectivity index (χ1n) is 8.26. The number of amides is 2.